The lowest BCUT2D eigenvalue weighted by Gasteiger charge is -2.13. The highest BCUT2D eigenvalue weighted by Gasteiger charge is 2.25. The Hall–Kier alpha value is -1.38. The smallest absolute Gasteiger partial charge is 0.240 e. The van der Waals surface area contributed by atoms with Crippen LogP contribution in [0.4, 0.5) is 10.1 Å². The molecule has 0 saturated heterocycles. The van der Waals surface area contributed by atoms with E-state index >= 15 is 0 Å². The van der Waals surface area contributed by atoms with Crippen molar-refractivity contribution in [2.75, 3.05) is 19.4 Å². The fourth-order valence-electron chi connectivity index (χ4n) is 2.50. The topological polar surface area (TPSA) is 102 Å². The highest BCUT2D eigenvalue weighted by molar-refractivity contribution is 7.89. The molecule has 0 aliphatic heterocycles. The van der Waals surface area contributed by atoms with Crippen LogP contribution in [0, 0.1) is 11.7 Å². The summed E-state index contributed by atoms with van der Waals surface area (Å²) in [5.74, 6) is -0.905. The average molecular weight is 318 g/mol. The molecule has 0 heterocycles. The molecule has 2 rings (SSSR count). The SMILES string of the molecule is COc1c(N)cc(S(=O)(=O)NCC2CCC(O)C2)cc1F. The second-order valence-corrected chi connectivity index (χ2v) is 6.98. The Morgan fingerprint density at radius 3 is 2.71 bits per heavy atom. The number of hydrogen-bond acceptors (Lipinski definition) is 5. The van der Waals surface area contributed by atoms with Crippen molar-refractivity contribution in [1.82, 2.24) is 4.72 Å². The van der Waals surface area contributed by atoms with E-state index in [0.29, 0.717) is 12.8 Å². The zero-order chi connectivity index (χ0) is 15.6. The van der Waals surface area contributed by atoms with E-state index in [1.807, 2.05) is 0 Å². The van der Waals surface area contributed by atoms with Gasteiger partial charge in [-0.1, -0.05) is 0 Å². The quantitative estimate of drug-likeness (QED) is 0.699. The van der Waals surface area contributed by atoms with Gasteiger partial charge in [0.15, 0.2) is 11.6 Å². The number of halogens is 1. The zero-order valence-corrected chi connectivity index (χ0v) is 12.5. The fourth-order valence-corrected chi connectivity index (χ4v) is 3.67. The fraction of sp³-hybridized carbons (Fsp3) is 0.538. The molecule has 0 radical (unpaired) electrons. The van der Waals surface area contributed by atoms with Crippen LogP contribution in [0.1, 0.15) is 19.3 Å². The summed E-state index contributed by atoms with van der Waals surface area (Å²) in [6.07, 6.45) is 1.65. The van der Waals surface area contributed by atoms with Crippen LogP contribution in [0.5, 0.6) is 5.75 Å². The van der Waals surface area contributed by atoms with Crippen molar-refractivity contribution < 1.29 is 22.7 Å². The largest absolute Gasteiger partial charge is 0.492 e. The molecule has 8 heteroatoms. The van der Waals surface area contributed by atoms with Crippen molar-refractivity contribution in [3.8, 4) is 5.75 Å². The molecule has 0 spiro atoms. The normalized spacial score (nSPS) is 22.4. The van der Waals surface area contributed by atoms with Gasteiger partial charge in [0.1, 0.15) is 0 Å². The van der Waals surface area contributed by atoms with E-state index < -0.39 is 15.8 Å². The Morgan fingerprint density at radius 2 is 2.19 bits per heavy atom. The van der Waals surface area contributed by atoms with E-state index in [4.69, 9.17) is 10.5 Å². The lowest BCUT2D eigenvalue weighted by Crippen LogP contribution is -2.29. The van der Waals surface area contributed by atoms with Gasteiger partial charge >= 0.3 is 0 Å². The molecule has 1 aliphatic rings. The maximum atomic E-state index is 13.7. The van der Waals surface area contributed by atoms with Gasteiger partial charge in [-0.3, -0.25) is 0 Å². The number of rotatable bonds is 5. The number of nitrogens with one attached hydrogen (secondary N) is 1. The van der Waals surface area contributed by atoms with Gasteiger partial charge in [-0.25, -0.2) is 17.5 Å². The van der Waals surface area contributed by atoms with Crippen LogP contribution in [0.3, 0.4) is 0 Å². The summed E-state index contributed by atoms with van der Waals surface area (Å²) in [6.45, 7) is 0.215. The zero-order valence-electron chi connectivity index (χ0n) is 11.7. The second-order valence-electron chi connectivity index (χ2n) is 5.21. The van der Waals surface area contributed by atoms with Gasteiger partial charge in [-0.05, 0) is 37.3 Å². The first-order valence-electron chi connectivity index (χ1n) is 6.64. The Morgan fingerprint density at radius 1 is 1.48 bits per heavy atom. The molecule has 1 aromatic rings. The summed E-state index contributed by atoms with van der Waals surface area (Å²) < 4.78 is 45.2. The number of aliphatic hydroxyl groups is 1. The number of nitrogens with two attached hydrogens (primary N) is 1. The molecule has 1 fully saturated rings. The van der Waals surface area contributed by atoms with Crippen LogP contribution in [-0.2, 0) is 10.0 Å². The first-order valence-corrected chi connectivity index (χ1v) is 8.12. The third-order valence-corrected chi connectivity index (χ3v) is 5.04. The van der Waals surface area contributed by atoms with E-state index in [-0.39, 0.29) is 34.9 Å². The average Bonchev–Trinajstić information content (AvgIpc) is 2.82. The number of aliphatic hydroxyl groups excluding tert-OH is 1. The monoisotopic (exact) mass is 318 g/mol. The summed E-state index contributed by atoms with van der Waals surface area (Å²) in [4.78, 5) is -0.239. The third kappa shape index (κ3) is 3.63. The summed E-state index contributed by atoms with van der Waals surface area (Å²) in [7, 11) is -2.59. The number of methoxy groups -OCH3 is 1. The molecule has 2 unspecified atom stereocenters. The molecule has 21 heavy (non-hydrogen) atoms. The minimum atomic E-state index is -3.84. The molecule has 0 bridgehead atoms. The van der Waals surface area contributed by atoms with Gasteiger partial charge in [0.05, 0.1) is 23.8 Å². The van der Waals surface area contributed by atoms with Gasteiger partial charge in [0, 0.05) is 6.54 Å². The molecule has 0 aromatic heterocycles. The van der Waals surface area contributed by atoms with Gasteiger partial charge in [-0.2, -0.15) is 0 Å². The third-order valence-electron chi connectivity index (χ3n) is 3.64. The van der Waals surface area contributed by atoms with Gasteiger partial charge in [0.25, 0.3) is 0 Å². The van der Waals surface area contributed by atoms with Crippen LogP contribution < -0.4 is 15.2 Å². The predicted molar refractivity (Wildman–Crippen MR) is 75.9 cm³/mol. The summed E-state index contributed by atoms with van der Waals surface area (Å²) in [5.41, 5.74) is 5.50. The number of sulfonamides is 1. The first-order chi connectivity index (χ1) is 9.83. The van der Waals surface area contributed by atoms with Crippen molar-refractivity contribution in [2.24, 2.45) is 5.92 Å². The minimum Gasteiger partial charge on any atom is -0.492 e. The van der Waals surface area contributed by atoms with E-state index in [2.05, 4.69) is 4.72 Å². The minimum absolute atomic E-state index is 0.0748. The number of hydrogen-bond donors (Lipinski definition) is 3. The Kier molecular flexibility index (Phi) is 4.70. The second kappa shape index (κ2) is 6.17. The van der Waals surface area contributed by atoms with Crippen molar-refractivity contribution in [2.45, 2.75) is 30.3 Å². The van der Waals surface area contributed by atoms with Crippen molar-refractivity contribution in [1.29, 1.82) is 0 Å². The molecule has 6 nitrogen and oxygen atoms in total. The lowest BCUT2D eigenvalue weighted by molar-refractivity contribution is 0.178. The molecule has 1 aromatic carbocycles. The van der Waals surface area contributed by atoms with E-state index in [0.717, 1.165) is 18.6 Å². The van der Waals surface area contributed by atoms with E-state index in [9.17, 15) is 17.9 Å². The number of ether oxygens (including phenoxy) is 1. The Bertz CT molecular complexity index is 598. The molecular weight excluding hydrogens is 299 g/mol. The Balaban J connectivity index is 2.12. The predicted octanol–water partition coefficient (Wildman–Crippen LogP) is 0.856. The van der Waals surface area contributed by atoms with E-state index in [1.54, 1.807) is 0 Å². The molecule has 1 aliphatic carbocycles. The first kappa shape index (κ1) is 16.0. The molecule has 1 saturated carbocycles. The van der Waals surface area contributed by atoms with Crippen molar-refractivity contribution in [3.63, 3.8) is 0 Å². The lowest BCUT2D eigenvalue weighted by atomic mass is 10.1. The summed E-state index contributed by atoms with van der Waals surface area (Å²) in [6, 6.07) is 2.04. The summed E-state index contributed by atoms with van der Waals surface area (Å²) in [5, 5.41) is 9.42. The maximum absolute atomic E-state index is 13.7. The number of benzene rings is 1. The van der Waals surface area contributed by atoms with Crippen LogP contribution in [0.2, 0.25) is 0 Å². The number of anilines is 1. The highest BCUT2D eigenvalue weighted by Crippen LogP contribution is 2.29. The van der Waals surface area contributed by atoms with Crippen LogP contribution >= 0.6 is 0 Å². The molecule has 2 atom stereocenters. The van der Waals surface area contributed by atoms with Crippen molar-refractivity contribution >= 4 is 15.7 Å². The highest BCUT2D eigenvalue weighted by atomic mass is 32.2. The standard InChI is InChI=1S/C13H19FN2O4S/c1-20-13-11(14)5-10(6-12(13)15)21(18,19)16-7-8-2-3-9(17)4-8/h5-6,8-9,16-17H,2-4,7,15H2,1H3. The molecular formula is C13H19FN2O4S. The van der Waals surface area contributed by atoms with E-state index in [1.165, 1.54) is 7.11 Å². The molecule has 0 amide bonds. The maximum Gasteiger partial charge on any atom is 0.240 e. The van der Waals surface area contributed by atoms with Crippen LogP contribution in [0.25, 0.3) is 0 Å². The van der Waals surface area contributed by atoms with Gasteiger partial charge in [0.2, 0.25) is 10.0 Å². The summed E-state index contributed by atoms with van der Waals surface area (Å²) >= 11 is 0. The number of nitrogen functional groups attached to an aromatic ring is 1. The van der Waals surface area contributed by atoms with Crippen molar-refractivity contribution in [3.05, 3.63) is 17.9 Å². The molecule has 4 N–H and O–H groups in total. The Labute approximate surface area is 123 Å². The van der Waals surface area contributed by atoms with Gasteiger partial charge < -0.3 is 15.6 Å². The van der Waals surface area contributed by atoms with Crippen LogP contribution in [0.15, 0.2) is 17.0 Å². The van der Waals surface area contributed by atoms with Gasteiger partial charge in [-0.15, -0.1) is 0 Å². The van der Waals surface area contributed by atoms with Crippen LogP contribution in [-0.4, -0.2) is 33.3 Å². The molecule has 118 valence electrons.